The van der Waals surface area contributed by atoms with Gasteiger partial charge in [0.2, 0.25) is 12.2 Å². The third-order valence-electron chi connectivity index (χ3n) is 1.02. The van der Waals surface area contributed by atoms with Crippen LogP contribution in [0.4, 0.5) is 5.69 Å². The fourth-order valence-corrected chi connectivity index (χ4v) is 0.555. The van der Waals surface area contributed by atoms with Crippen LogP contribution in [0.1, 0.15) is 13.8 Å². The molecule has 0 aliphatic heterocycles. The van der Waals surface area contributed by atoms with Crippen LogP contribution in [0, 0.1) is 0 Å². The molecule has 1 aromatic rings. The molecule has 0 saturated carbocycles. The number of rotatable bonds is 1. The van der Waals surface area contributed by atoms with Crippen LogP contribution in [0.5, 0.6) is 0 Å². The highest BCUT2D eigenvalue weighted by Crippen LogP contribution is 2.06. The van der Waals surface area contributed by atoms with Crippen molar-refractivity contribution in [3.63, 3.8) is 0 Å². The van der Waals surface area contributed by atoms with Crippen molar-refractivity contribution in [2.45, 2.75) is 13.8 Å². The summed E-state index contributed by atoms with van der Waals surface area (Å²) in [6, 6.07) is 8.98. The summed E-state index contributed by atoms with van der Waals surface area (Å²) in [6.07, 6.45) is 2.76. The number of para-hydroxylation sites is 1. The van der Waals surface area contributed by atoms with Gasteiger partial charge in [-0.15, -0.1) is 0 Å². The average molecular weight is 206 g/mol. The quantitative estimate of drug-likeness (QED) is 0.523. The fraction of sp³-hybridized carbons (Fsp3) is 0.273. The molecule has 0 bridgehead atoms. The molecule has 80 valence electrons. The van der Waals surface area contributed by atoms with E-state index < -0.39 is 0 Å². The molecule has 1 aromatic carbocycles. The van der Waals surface area contributed by atoms with Gasteiger partial charge in [0, 0.05) is 7.05 Å². The molecule has 0 amide bonds. The number of hydrogen-bond donors (Lipinski definition) is 0. The van der Waals surface area contributed by atoms with Crippen LogP contribution < -0.4 is 0 Å². The molecule has 1 rings (SSSR count). The Bertz CT molecular complexity index is 324. The lowest BCUT2D eigenvalue weighted by atomic mass is 10.3. The molecule has 4 nitrogen and oxygen atoms in total. The van der Waals surface area contributed by atoms with Crippen molar-refractivity contribution in [1.29, 1.82) is 0 Å². The Kier molecular flexibility index (Phi) is 14.9. The summed E-state index contributed by atoms with van der Waals surface area (Å²) >= 11 is 0. The van der Waals surface area contributed by atoms with Gasteiger partial charge in [-0.3, -0.25) is 0 Å². The van der Waals surface area contributed by atoms with Crippen LogP contribution in [0.3, 0.4) is 0 Å². The largest absolute Gasteiger partial charge is 0.240 e. The minimum Gasteiger partial charge on any atom is -0.211 e. The number of isocyanates is 2. The lowest BCUT2D eigenvalue weighted by Gasteiger charge is -1.83. The van der Waals surface area contributed by atoms with Crippen LogP contribution in [0.25, 0.3) is 0 Å². The Labute approximate surface area is 89.4 Å². The topological polar surface area (TPSA) is 58.9 Å². The molecule has 4 heteroatoms. The first-order valence-corrected chi connectivity index (χ1v) is 4.44. The van der Waals surface area contributed by atoms with Crippen molar-refractivity contribution >= 4 is 17.8 Å². The summed E-state index contributed by atoms with van der Waals surface area (Å²) in [5.41, 5.74) is 0.646. The van der Waals surface area contributed by atoms with E-state index in [0.717, 1.165) is 0 Å². The summed E-state index contributed by atoms with van der Waals surface area (Å²) in [7, 11) is 1.38. The Morgan fingerprint density at radius 2 is 1.47 bits per heavy atom. The van der Waals surface area contributed by atoms with E-state index in [1.807, 2.05) is 32.0 Å². The summed E-state index contributed by atoms with van der Waals surface area (Å²) < 4.78 is 0. The van der Waals surface area contributed by atoms with Crippen LogP contribution in [-0.4, -0.2) is 19.2 Å². The Morgan fingerprint density at radius 1 is 1.00 bits per heavy atom. The molecule has 0 heterocycles. The molecule has 0 radical (unpaired) electrons. The summed E-state index contributed by atoms with van der Waals surface area (Å²) in [5, 5.41) is 0. The number of aliphatic imine (C=N–C) groups is 2. The minimum absolute atomic E-state index is 0.646. The molecule has 0 spiro atoms. The SMILES string of the molecule is CC.CN=C=O.O=C=Nc1ccccc1. The van der Waals surface area contributed by atoms with Crippen molar-refractivity contribution in [3.8, 4) is 0 Å². The molecular weight excluding hydrogens is 192 g/mol. The first-order valence-electron chi connectivity index (χ1n) is 4.44. The second-order valence-electron chi connectivity index (χ2n) is 1.85. The van der Waals surface area contributed by atoms with Gasteiger partial charge in [0.15, 0.2) is 0 Å². The van der Waals surface area contributed by atoms with Crippen molar-refractivity contribution in [2.24, 2.45) is 9.98 Å². The maximum Gasteiger partial charge on any atom is 0.240 e. The molecule has 15 heavy (non-hydrogen) atoms. The first-order chi connectivity index (χ1) is 7.35. The van der Waals surface area contributed by atoms with Crippen molar-refractivity contribution in [3.05, 3.63) is 30.3 Å². The summed E-state index contributed by atoms with van der Waals surface area (Å²) in [4.78, 5) is 24.9. The summed E-state index contributed by atoms with van der Waals surface area (Å²) in [5.74, 6) is 0. The zero-order valence-electron chi connectivity index (χ0n) is 9.10. The lowest BCUT2D eigenvalue weighted by Crippen LogP contribution is -1.59. The van der Waals surface area contributed by atoms with Gasteiger partial charge < -0.3 is 0 Å². The van der Waals surface area contributed by atoms with E-state index in [0.29, 0.717) is 5.69 Å². The van der Waals surface area contributed by atoms with Crippen LogP contribution in [-0.2, 0) is 9.59 Å². The van der Waals surface area contributed by atoms with Gasteiger partial charge in [0.05, 0.1) is 5.69 Å². The van der Waals surface area contributed by atoms with Crippen LogP contribution in [0.15, 0.2) is 40.3 Å². The molecule has 0 N–H and O–H groups in total. The fourth-order valence-electron chi connectivity index (χ4n) is 0.555. The van der Waals surface area contributed by atoms with E-state index in [1.54, 1.807) is 12.1 Å². The highest BCUT2D eigenvalue weighted by atomic mass is 16.1. The monoisotopic (exact) mass is 206 g/mol. The standard InChI is InChI=1S/C7H5NO.C2H3NO.C2H6/c9-6-8-7-4-2-1-3-5-7;1-3-2-4;1-2/h1-5H;1H3;1-2H3. The molecular formula is C11H14N2O2. The number of hydrogen-bond acceptors (Lipinski definition) is 4. The number of benzene rings is 1. The zero-order chi connectivity index (χ0) is 11.9. The van der Waals surface area contributed by atoms with E-state index >= 15 is 0 Å². The molecule has 0 aliphatic rings. The third kappa shape index (κ3) is 12.0. The van der Waals surface area contributed by atoms with Crippen molar-refractivity contribution in [1.82, 2.24) is 0 Å². The molecule has 0 aliphatic carbocycles. The van der Waals surface area contributed by atoms with Gasteiger partial charge >= 0.3 is 0 Å². The predicted molar refractivity (Wildman–Crippen MR) is 59.6 cm³/mol. The molecule has 0 aromatic heterocycles. The highest BCUT2D eigenvalue weighted by Gasteiger charge is 1.79. The maximum absolute atomic E-state index is 9.68. The minimum atomic E-state index is 0.646. The maximum atomic E-state index is 9.68. The van der Waals surface area contributed by atoms with Crippen molar-refractivity contribution in [2.75, 3.05) is 7.05 Å². The van der Waals surface area contributed by atoms with E-state index in [-0.39, 0.29) is 0 Å². The molecule has 0 saturated heterocycles. The van der Waals surface area contributed by atoms with E-state index in [9.17, 15) is 4.79 Å². The number of carbonyl (C=O) groups excluding carboxylic acids is 2. The van der Waals surface area contributed by atoms with Gasteiger partial charge in [-0.1, -0.05) is 32.0 Å². The second-order valence-corrected chi connectivity index (χ2v) is 1.85. The van der Waals surface area contributed by atoms with E-state index in [4.69, 9.17) is 4.79 Å². The van der Waals surface area contributed by atoms with E-state index in [1.165, 1.54) is 19.2 Å². The lowest BCUT2D eigenvalue weighted by molar-refractivity contribution is 0.564. The number of nitrogens with zero attached hydrogens (tertiary/aromatic N) is 2. The molecule has 0 fully saturated rings. The second kappa shape index (κ2) is 14.5. The third-order valence-corrected chi connectivity index (χ3v) is 1.02. The van der Waals surface area contributed by atoms with Crippen LogP contribution in [0.2, 0.25) is 0 Å². The Hall–Kier alpha value is -2.02. The zero-order valence-corrected chi connectivity index (χ0v) is 9.10. The average Bonchev–Trinajstić information content (AvgIpc) is 2.34. The van der Waals surface area contributed by atoms with Gasteiger partial charge in [0.25, 0.3) is 0 Å². The van der Waals surface area contributed by atoms with Crippen LogP contribution >= 0.6 is 0 Å². The molecule has 0 unspecified atom stereocenters. The smallest absolute Gasteiger partial charge is 0.211 e. The highest BCUT2D eigenvalue weighted by molar-refractivity contribution is 5.47. The first kappa shape index (κ1) is 15.5. The van der Waals surface area contributed by atoms with Gasteiger partial charge in [0.1, 0.15) is 0 Å². The molecule has 0 atom stereocenters. The van der Waals surface area contributed by atoms with Crippen molar-refractivity contribution < 1.29 is 9.59 Å². The van der Waals surface area contributed by atoms with E-state index in [2.05, 4.69) is 9.98 Å². The Morgan fingerprint density at radius 3 is 1.80 bits per heavy atom. The predicted octanol–water partition coefficient (Wildman–Crippen LogP) is 2.63. The van der Waals surface area contributed by atoms with Gasteiger partial charge in [-0.2, -0.15) is 4.99 Å². The normalized spacial score (nSPS) is 6.33. The Balaban J connectivity index is 0. The van der Waals surface area contributed by atoms with Gasteiger partial charge in [-0.05, 0) is 12.1 Å². The van der Waals surface area contributed by atoms with Gasteiger partial charge in [-0.25, -0.2) is 14.6 Å². The summed E-state index contributed by atoms with van der Waals surface area (Å²) in [6.45, 7) is 4.00.